The Kier molecular flexibility index (Phi) is 3.88. The quantitative estimate of drug-likeness (QED) is 0.381. The molecule has 0 spiro atoms. The summed E-state index contributed by atoms with van der Waals surface area (Å²) in [7, 11) is 0. The molecule has 1 aromatic heterocycles. The predicted octanol–water partition coefficient (Wildman–Crippen LogP) is 2.21. The van der Waals surface area contributed by atoms with Crippen molar-refractivity contribution in [3.63, 3.8) is 0 Å². The van der Waals surface area contributed by atoms with Crippen LogP contribution in [0.2, 0.25) is 0 Å². The molecule has 0 bridgehead atoms. The van der Waals surface area contributed by atoms with E-state index in [4.69, 9.17) is 9.21 Å². The van der Waals surface area contributed by atoms with E-state index in [9.17, 15) is 4.79 Å². The number of carbonyl (C=O) groups is 1. The van der Waals surface area contributed by atoms with Gasteiger partial charge in [0.2, 0.25) is 5.75 Å². The molecule has 4 heteroatoms. The highest BCUT2D eigenvalue weighted by Gasteiger charge is 1.92. The lowest BCUT2D eigenvalue weighted by Gasteiger charge is -1.91. The van der Waals surface area contributed by atoms with E-state index in [-0.39, 0.29) is 11.4 Å². The Morgan fingerprint density at radius 1 is 1.14 bits per heavy atom. The molecule has 14 heavy (non-hydrogen) atoms. The first-order chi connectivity index (χ1) is 6.77. The van der Waals surface area contributed by atoms with Crippen LogP contribution in [0.5, 0.6) is 0 Å². The molecular weight excluding hydrogens is 204 g/mol. The van der Waals surface area contributed by atoms with E-state index >= 15 is 0 Å². The fraction of sp³-hybridized carbons (Fsp3) is 0. The van der Waals surface area contributed by atoms with Crippen LogP contribution in [0.4, 0.5) is 0 Å². The molecule has 0 fully saturated rings. The van der Waals surface area contributed by atoms with Crippen molar-refractivity contribution in [3.05, 3.63) is 46.8 Å². The van der Waals surface area contributed by atoms with Gasteiger partial charge in [-0.1, -0.05) is 18.2 Å². The van der Waals surface area contributed by atoms with E-state index < -0.39 is 0 Å². The highest BCUT2D eigenvalue weighted by Crippen LogP contribution is 2.08. The third-order valence-corrected chi connectivity index (χ3v) is 1.53. The van der Waals surface area contributed by atoms with Crippen molar-refractivity contribution in [3.8, 4) is 0 Å². The van der Waals surface area contributed by atoms with E-state index in [0.717, 1.165) is 5.39 Å². The molecule has 2 aromatic rings. The van der Waals surface area contributed by atoms with Gasteiger partial charge < -0.3 is 4.42 Å². The normalized spacial score (nSPS) is 8.93. The number of hydrogen-bond donors (Lipinski definition) is 0. The lowest BCUT2D eigenvalue weighted by molar-refractivity contribution is 0.561. The Bertz CT molecular complexity index is 476. The molecule has 0 unspecified atom stereocenters. The summed E-state index contributed by atoms with van der Waals surface area (Å²) in [4.78, 5) is 19.3. The topological polar surface area (TPSA) is 47.3 Å². The number of fused-ring (bicyclic) bond motifs is 1. The molecule has 0 aliphatic heterocycles. The zero-order valence-corrected chi connectivity index (χ0v) is 7.90. The smallest absolute Gasteiger partial charge is 0.336 e. The molecule has 0 saturated heterocycles. The largest absolute Gasteiger partial charge is 0.423 e. The molecule has 0 amide bonds. The molecule has 3 nitrogen and oxygen atoms in total. The molecule has 2 rings (SSSR count). The van der Waals surface area contributed by atoms with Crippen LogP contribution >= 0.6 is 11.6 Å². The van der Waals surface area contributed by atoms with Gasteiger partial charge in [-0.2, -0.15) is 0 Å². The van der Waals surface area contributed by atoms with Crippen molar-refractivity contribution in [2.45, 2.75) is 0 Å². The van der Waals surface area contributed by atoms with Crippen molar-refractivity contribution in [2.24, 2.45) is 0 Å². The summed E-state index contributed by atoms with van der Waals surface area (Å²) in [6.07, 6.45) is 0. The Morgan fingerprint density at radius 2 is 1.79 bits per heavy atom. The van der Waals surface area contributed by atoms with Gasteiger partial charge in [0.25, 0.3) is 0 Å². The zero-order chi connectivity index (χ0) is 10.4. The van der Waals surface area contributed by atoms with Crippen molar-refractivity contribution in [1.29, 1.82) is 0 Å². The Balaban J connectivity index is 0.000000293. The number of para-hydroxylation sites is 1. The van der Waals surface area contributed by atoms with Crippen LogP contribution < -0.4 is 5.63 Å². The van der Waals surface area contributed by atoms with Crippen LogP contribution in [0.15, 0.2) is 45.6 Å². The first kappa shape index (κ1) is 10.5. The minimum Gasteiger partial charge on any atom is -0.423 e. The average Bonchev–Trinajstić information content (AvgIpc) is 2.19. The standard InChI is InChI=1S/C9H6O2.CHClO/c10-9-6-5-7-3-1-2-4-8(7)11-9;2-1-3/h1-6H;1H. The van der Waals surface area contributed by atoms with Gasteiger partial charge in [-0.25, -0.2) is 4.79 Å². The van der Waals surface area contributed by atoms with Gasteiger partial charge >= 0.3 is 5.63 Å². The fourth-order valence-electron chi connectivity index (χ4n) is 1.01. The second-order valence-electron chi connectivity index (χ2n) is 2.38. The summed E-state index contributed by atoms with van der Waals surface area (Å²) >= 11 is 4.32. The van der Waals surface area contributed by atoms with Crippen molar-refractivity contribution in [1.82, 2.24) is 0 Å². The first-order valence-corrected chi connectivity index (χ1v) is 4.24. The van der Waals surface area contributed by atoms with Gasteiger partial charge in [-0.05, 0) is 23.7 Å². The summed E-state index contributed by atoms with van der Waals surface area (Å²) < 4.78 is 4.91. The lowest BCUT2D eigenvalue weighted by atomic mass is 10.2. The number of carbonyl (C=O) groups excluding carboxylic acids is 1. The summed E-state index contributed by atoms with van der Waals surface area (Å²) in [5, 5.41) is 0.951. The highest BCUT2D eigenvalue weighted by atomic mass is 35.5. The van der Waals surface area contributed by atoms with E-state index in [2.05, 4.69) is 11.6 Å². The van der Waals surface area contributed by atoms with E-state index in [0.29, 0.717) is 5.58 Å². The minimum atomic E-state index is -0.302. The number of benzene rings is 1. The molecule has 72 valence electrons. The van der Waals surface area contributed by atoms with Gasteiger partial charge in [-0.15, -0.1) is 0 Å². The molecule has 0 atom stereocenters. The van der Waals surface area contributed by atoms with Crippen LogP contribution in [0.1, 0.15) is 0 Å². The van der Waals surface area contributed by atoms with Gasteiger partial charge in [-0.3, -0.25) is 4.79 Å². The maximum Gasteiger partial charge on any atom is 0.336 e. The van der Waals surface area contributed by atoms with Crippen LogP contribution in [0.25, 0.3) is 11.0 Å². The van der Waals surface area contributed by atoms with Gasteiger partial charge in [0.05, 0.1) is 0 Å². The van der Waals surface area contributed by atoms with Crippen molar-refractivity contribution >= 4 is 28.3 Å². The molecular formula is C10H7ClO3. The maximum atomic E-state index is 10.7. The van der Waals surface area contributed by atoms with Gasteiger partial charge in [0.1, 0.15) is 5.58 Å². The van der Waals surface area contributed by atoms with E-state index in [1.54, 1.807) is 12.1 Å². The molecule has 1 heterocycles. The van der Waals surface area contributed by atoms with Crippen LogP contribution in [0, 0.1) is 0 Å². The minimum absolute atomic E-state index is 0.222. The second-order valence-corrected chi connectivity index (χ2v) is 2.56. The van der Waals surface area contributed by atoms with Crippen molar-refractivity contribution < 1.29 is 9.21 Å². The average molecular weight is 211 g/mol. The van der Waals surface area contributed by atoms with Crippen LogP contribution in [0.3, 0.4) is 0 Å². The zero-order valence-electron chi connectivity index (χ0n) is 7.14. The Hall–Kier alpha value is -1.61. The predicted molar refractivity (Wildman–Crippen MR) is 55.1 cm³/mol. The lowest BCUT2D eigenvalue weighted by Crippen LogP contribution is -1.93. The summed E-state index contributed by atoms with van der Waals surface area (Å²) in [5.41, 5.74) is 0.337. The Labute approximate surface area is 84.9 Å². The number of rotatable bonds is 0. The fourth-order valence-corrected chi connectivity index (χ4v) is 1.01. The molecule has 0 saturated carbocycles. The summed E-state index contributed by atoms with van der Waals surface area (Å²) in [6, 6.07) is 10.6. The van der Waals surface area contributed by atoms with Crippen molar-refractivity contribution in [2.75, 3.05) is 0 Å². The third kappa shape index (κ3) is 2.71. The maximum absolute atomic E-state index is 10.7. The molecule has 0 radical (unpaired) electrons. The molecule has 0 aliphatic carbocycles. The Morgan fingerprint density at radius 3 is 2.50 bits per heavy atom. The first-order valence-electron chi connectivity index (χ1n) is 3.80. The highest BCUT2D eigenvalue weighted by molar-refractivity contribution is 6.54. The summed E-state index contributed by atoms with van der Waals surface area (Å²) in [5.74, 6) is 0.222. The molecule has 1 aromatic carbocycles. The van der Waals surface area contributed by atoms with Crippen LogP contribution in [-0.2, 0) is 4.79 Å². The van der Waals surface area contributed by atoms with Gasteiger partial charge in [0.15, 0.2) is 0 Å². The van der Waals surface area contributed by atoms with Crippen LogP contribution in [-0.4, -0.2) is 5.75 Å². The third-order valence-electron chi connectivity index (χ3n) is 1.53. The van der Waals surface area contributed by atoms with E-state index in [1.165, 1.54) is 6.07 Å². The summed E-state index contributed by atoms with van der Waals surface area (Å²) in [6.45, 7) is 0. The number of hydrogen-bond acceptors (Lipinski definition) is 3. The molecule has 0 N–H and O–H groups in total. The molecule has 0 aliphatic rings. The number of halogens is 1. The SMILES string of the molecule is O=CCl.O=c1ccc2ccccc2o1. The van der Waals surface area contributed by atoms with E-state index in [1.807, 2.05) is 18.2 Å². The second kappa shape index (κ2) is 5.19. The monoisotopic (exact) mass is 210 g/mol. The van der Waals surface area contributed by atoms with Gasteiger partial charge in [0, 0.05) is 11.5 Å².